The van der Waals surface area contributed by atoms with Crippen LogP contribution in [0.5, 0.6) is 0 Å². The van der Waals surface area contributed by atoms with Crippen molar-refractivity contribution < 1.29 is 10.2 Å². The van der Waals surface area contributed by atoms with Gasteiger partial charge in [-0.2, -0.15) is 11.3 Å². The van der Waals surface area contributed by atoms with Gasteiger partial charge in [-0.25, -0.2) is 0 Å². The van der Waals surface area contributed by atoms with Crippen LogP contribution in [0.3, 0.4) is 0 Å². The van der Waals surface area contributed by atoms with Crippen molar-refractivity contribution in [3.05, 3.63) is 22.4 Å². The second kappa shape index (κ2) is 6.95. The van der Waals surface area contributed by atoms with Gasteiger partial charge in [0.15, 0.2) is 0 Å². The van der Waals surface area contributed by atoms with E-state index in [4.69, 9.17) is 5.11 Å². The van der Waals surface area contributed by atoms with E-state index in [1.165, 1.54) is 0 Å². The molecule has 3 nitrogen and oxygen atoms in total. The summed E-state index contributed by atoms with van der Waals surface area (Å²) in [6.45, 7) is 1.68. The smallest absolute Gasteiger partial charge is 0.0922 e. The molecule has 1 atom stereocenters. The van der Waals surface area contributed by atoms with E-state index in [0.717, 1.165) is 24.9 Å². The van der Waals surface area contributed by atoms with E-state index in [1.54, 1.807) is 11.3 Å². The molecule has 1 unspecified atom stereocenters. The van der Waals surface area contributed by atoms with Crippen LogP contribution in [0.1, 0.15) is 24.5 Å². The molecule has 0 spiro atoms. The minimum Gasteiger partial charge on any atom is -0.396 e. The maximum Gasteiger partial charge on any atom is 0.0922 e. The number of thiophene rings is 1. The van der Waals surface area contributed by atoms with Crippen LogP contribution in [-0.2, 0) is 0 Å². The normalized spacial score (nSPS) is 13.0. The van der Waals surface area contributed by atoms with Gasteiger partial charge >= 0.3 is 0 Å². The Balaban J connectivity index is 2.07. The summed E-state index contributed by atoms with van der Waals surface area (Å²) in [4.78, 5) is 0. The first-order valence-corrected chi connectivity index (χ1v) is 5.80. The molecule has 3 N–H and O–H groups in total. The molecule has 1 aromatic rings. The molecule has 0 aliphatic heterocycles. The lowest BCUT2D eigenvalue weighted by Crippen LogP contribution is -2.22. The highest BCUT2D eigenvalue weighted by Gasteiger charge is 2.05. The minimum atomic E-state index is -0.407. The molecule has 1 aromatic heterocycles. The molecule has 1 heterocycles. The lowest BCUT2D eigenvalue weighted by Gasteiger charge is -2.09. The van der Waals surface area contributed by atoms with Crippen molar-refractivity contribution in [3.63, 3.8) is 0 Å². The van der Waals surface area contributed by atoms with Crippen molar-refractivity contribution in [2.75, 3.05) is 19.7 Å². The number of unbranched alkanes of at least 4 members (excludes halogenated alkanes) is 1. The highest BCUT2D eigenvalue weighted by molar-refractivity contribution is 7.07. The van der Waals surface area contributed by atoms with Gasteiger partial charge in [-0.1, -0.05) is 0 Å². The number of hydrogen-bond acceptors (Lipinski definition) is 4. The Morgan fingerprint density at radius 3 is 2.93 bits per heavy atom. The van der Waals surface area contributed by atoms with Crippen molar-refractivity contribution in [2.24, 2.45) is 0 Å². The SMILES string of the molecule is OCCCCNCC(O)c1ccsc1. The number of aliphatic hydroxyl groups excluding tert-OH is 2. The lowest BCUT2D eigenvalue weighted by molar-refractivity contribution is 0.175. The molecule has 14 heavy (non-hydrogen) atoms. The first-order chi connectivity index (χ1) is 6.84. The van der Waals surface area contributed by atoms with E-state index in [2.05, 4.69) is 5.32 Å². The van der Waals surface area contributed by atoms with Crippen molar-refractivity contribution in [1.82, 2.24) is 5.32 Å². The van der Waals surface area contributed by atoms with Gasteiger partial charge in [-0.3, -0.25) is 0 Å². The number of nitrogens with one attached hydrogen (secondary N) is 1. The third-order valence-electron chi connectivity index (χ3n) is 2.03. The van der Waals surface area contributed by atoms with Crippen molar-refractivity contribution >= 4 is 11.3 Å². The highest BCUT2D eigenvalue weighted by Crippen LogP contribution is 2.14. The van der Waals surface area contributed by atoms with E-state index < -0.39 is 6.10 Å². The summed E-state index contributed by atoms with van der Waals surface area (Å²) in [6, 6.07) is 1.94. The van der Waals surface area contributed by atoms with Crippen LogP contribution in [0.2, 0.25) is 0 Å². The van der Waals surface area contributed by atoms with Crippen LogP contribution in [0, 0.1) is 0 Å². The zero-order valence-electron chi connectivity index (χ0n) is 8.15. The fourth-order valence-electron chi connectivity index (χ4n) is 1.18. The Morgan fingerprint density at radius 2 is 2.29 bits per heavy atom. The maximum atomic E-state index is 9.66. The number of hydrogen-bond donors (Lipinski definition) is 3. The summed E-state index contributed by atoms with van der Waals surface area (Å²) < 4.78 is 0. The minimum absolute atomic E-state index is 0.245. The average Bonchev–Trinajstić information content (AvgIpc) is 2.70. The topological polar surface area (TPSA) is 52.5 Å². The van der Waals surface area contributed by atoms with E-state index in [-0.39, 0.29) is 6.61 Å². The molecule has 0 aromatic carbocycles. The number of rotatable bonds is 7. The molecule has 0 fully saturated rings. The highest BCUT2D eigenvalue weighted by atomic mass is 32.1. The Labute approximate surface area is 88.4 Å². The third-order valence-corrected chi connectivity index (χ3v) is 2.73. The van der Waals surface area contributed by atoms with Gasteiger partial charge in [-0.05, 0) is 41.8 Å². The maximum absolute atomic E-state index is 9.66. The van der Waals surface area contributed by atoms with Gasteiger partial charge in [0.05, 0.1) is 6.10 Å². The van der Waals surface area contributed by atoms with Gasteiger partial charge < -0.3 is 15.5 Å². The van der Waals surface area contributed by atoms with Gasteiger partial charge in [0.25, 0.3) is 0 Å². The van der Waals surface area contributed by atoms with Crippen LogP contribution in [0.15, 0.2) is 16.8 Å². The Morgan fingerprint density at radius 1 is 1.43 bits per heavy atom. The monoisotopic (exact) mass is 215 g/mol. The summed E-state index contributed by atoms with van der Waals surface area (Å²) in [5, 5.41) is 25.3. The Kier molecular flexibility index (Phi) is 5.78. The average molecular weight is 215 g/mol. The predicted molar refractivity (Wildman–Crippen MR) is 58.5 cm³/mol. The van der Waals surface area contributed by atoms with Gasteiger partial charge in [0, 0.05) is 13.2 Å². The van der Waals surface area contributed by atoms with Crippen LogP contribution in [-0.4, -0.2) is 29.9 Å². The standard InChI is InChI=1S/C10H17NO2S/c12-5-2-1-4-11-7-10(13)9-3-6-14-8-9/h3,6,8,10-13H,1-2,4-5,7H2. The third kappa shape index (κ3) is 4.19. The fourth-order valence-corrected chi connectivity index (χ4v) is 1.89. The Hall–Kier alpha value is -0.420. The summed E-state index contributed by atoms with van der Waals surface area (Å²) >= 11 is 1.59. The zero-order valence-corrected chi connectivity index (χ0v) is 8.96. The quantitative estimate of drug-likeness (QED) is 0.598. The molecule has 0 saturated heterocycles. The first-order valence-electron chi connectivity index (χ1n) is 4.86. The van der Waals surface area contributed by atoms with E-state index in [1.807, 2.05) is 16.8 Å². The van der Waals surface area contributed by atoms with Crippen LogP contribution in [0.25, 0.3) is 0 Å². The van der Waals surface area contributed by atoms with Gasteiger partial charge in [-0.15, -0.1) is 0 Å². The molecular formula is C10H17NO2S. The van der Waals surface area contributed by atoms with E-state index in [0.29, 0.717) is 6.54 Å². The summed E-state index contributed by atoms with van der Waals surface area (Å²) in [7, 11) is 0. The molecule has 0 aliphatic carbocycles. The molecule has 0 aliphatic rings. The van der Waals surface area contributed by atoms with Crippen LogP contribution >= 0.6 is 11.3 Å². The van der Waals surface area contributed by atoms with Crippen LogP contribution in [0.4, 0.5) is 0 Å². The Bertz CT molecular complexity index is 226. The van der Waals surface area contributed by atoms with Crippen molar-refractivity contribution in [3.8, 4) is 0 Å². The number of aliphatic hydroxyl groups is 2. The molecule has 4 heteroatoms. The molecule has 0 bridgehead atoms. The van der Waals surface area contributed by atoms with Crippen LogP contribution < -0.4 is 5.32 Å². The van der Waals surface area contributed by atoms with E-state index in [9.17, 15) is 5.11 Å². The zero-order chi connectivity index (χ0) is 10.2. The molecule has 1 rings (SSSR count). The molecule has 0 saturated carbocycles. The summed E-state index contributed by atoms with van der Waals surface area (Å²) in [6.07, 6.45) is 1.37. The molecule has 80 valence electrons. The molecule has 0 radical (unpaired) electrons. The predicted octanol–water partition coefficient (Wildman–Crippen LogP) is 1.14. The largest absolute Gasteiger partial charge is 0.396 e. The second-order valence-electron chi connectivity index (χ2n) is 3.21. The van der Waals surface area contributed by atoms with Crippen molar-refractivity contribution in [2.45, 2.75) is 18.9 Å². The molecular weight excluding hydrogens is 198 g/mol. The summed E-state index contributed by atoms with van der Waals surface area (Å²) in [5.74, 6) is 0. The van der Waals surface area contributed by atoms with E-state index >= 15 is 0 Å². The summed E-state index contributed by atoms with van der Waals surface area (Å²) in [5.41, 5.74) is 0.977. The first kappa shape index (κ1) is 11.7. The van der Waals surface area contributed by atoms with Gasteiger partial charge in [0.1, 0.15) is 0 Å². The van der Waals surface area contributed by atoms with Gasteiger partial charge in [0.2, 0.25) is 0 Å². The fraction of sp³-hybridized carbons (Fsp3) is 0.600. The second-order valence-corrected chi connectivity index (χ2v) is 3.99. The molecule has 0 amide bonds. The van der Waals surface area contributed by atoms with Crippen molar-refractivity contribution in [1.29, 1.82) is 0 Å². The lowest BCUT2D eigenvalue weighted by atomic mass is 10.2.